The second-order valence-corrected chi connectivity index (χ2v) is 10.3. The number of hydrogen-bond donors (Lipinski definition) is 2. The Hall–Kier alpha value is -3.48. The van der Waals surface area contributed by atoms with Crippen LogP contribution in [0.25, 0.3) is 21.9 Å². The van der Waals surface area contributed by atoms with Gasteiger partial charge in [0.05, 0.1) is 6.20 Å². The fourth-order valence-corrected chi connectivity index (χ4v) is 4.98. The Morgan fingerprint density at radius 1 is 1.06 bits per heavy atom. The lowest BCUT2D eigenvalue weighted by atomic mass is 9.96. The first kappa shape index (κ1) is 23.3. The van der Waals surface area contributed by atoms with E-state index in [-0.39, 0.29) is 29.9 Å². The highest BCUT2D eigenvalue weighted by molar-refractivity contribution is 5.99. The number of anilines is 1. The molecule has 1 aliphatic carbocycles. The largest absolute Gasteiger partial charge is 0.352 e. The van der Waals surface area contributed by atoms with Gasteiger partial charge in [0.1, 0.15) is 6.04 Å². The van der Waals surface area contributed by atoms with E-state index in [4.69, 9.17) is 0 Å². The first-order chi connectivity index (χ1) is 16.8. The third-order valence-corrected chi connectivity index (χ3v) is 7.01. The van der Waals surface area contributed by atoms with E-state index in [0.29, 0.717) is 11.6 Å². The molecule has 7 nitrogen and oxygen atoms in total. The Kier molecular flexibility index (Phi) is 6.17. The van der Waals surface area contributed by atoms with Crippen molar-refractivity contribution in [3.05, 3.63) is 53.7 Å². The maximum Gasteiger partial charge on any atom is 0.251 e. The molecule has 0 spiro atoms. The summed E-state index contributed by atoms with van der Waals surface area (Å²) in [6.45, 7) is 8.15. The molecule has 0 bridgehead atoms. The molecule has 7 heteroatoms. The maximum atomic E-state index is 12.9. The summed E-state index contributed by atoms with van der Waals surface area (Å²) in [5, 5.41) is 16.8. The summed E-state index contributed by atoms with van der Waals surface area (Å²) in [6, 6.07) is 12.4. The Morgan fingerprint density at radius 2 is 1.86 bits per heavy atom. The van der Waals surface area contributed by atoms with Gasteiger partial charge in [0, 0.05) is 34.5 Å². The summed E-state index contributed by atoms with van der Waals surface area (Å²) >= 11 is 0. The molecule has 2 aromatic carbocycles. The van der Waals surface area contributed by atoms with Crippen molar-refractivity contribution in [2.75, 3.05) is 4.90 Å². The highest BCUT2D eigenvalue weighted by Crippen LogP contribution is 2.36. The van der Waals surface area contributed by atoms with Gasteiger partial charge in [0.25, 0.3) is 5.91 Å². The van der Waals surface area contributed by atoms with E-state index in [9.17, 15) is 9.59 Å². The Labute approximate surface area is 206 Å². The number of aromatic nitrogens is 2. The van der Waals surface area contributed by atoms with E-state index in [1.54, 1.807) is 6.20 Å². The summed E-state index contributed by atoms with van der Waals surface area (Å²) in [4.78, 5) is 27.7. The van der Waals surface area contributed by atoms with Gasteiger partial charge in [-0.1, -0.05) is 12.1 Å². The van der Waals surface area contributed by atoms with Gasteiger partial charge in [-0.3, -0.25) is 9.59 Å². The Morgan fingerprint density at radius 3 is 2.60 bits per heavy atom. The van der Waals surface area contributed by atoms with Gasteiger partial charge in [-0.25, -0.2) is 0 Å². The second kappa shape index (κ2) is 9.29. The van der Waals surface area contributed by atoms with E-state index in [2.05, 4.69) is 57.8 Å². The summed E-state index contributed by atoms with van der Waals surface area (Å²) in [5.74, 6) is 0.769. The number of rotatable bonds is 6. The number of carbonyl (C=O) groups excluding carboxylic acids is 2. The van der Waals surface area contributed by atoms with E-state index < -0.39 is 0 Å². The van der Waals surface area contributed by atoms with Crippen LogP contribution in [0.4, 0.5) is 5.82 Å². The molecule has 5 rings (SSSR count). The summed E-state index contributed by atoms with van der Waals surface area (Å²) < 4.78 is 0. The molecule has 3 aromatic rings. The maximum absolute atomic E-state index is 12.9. The average Bonchev–Trinajstić information content (AvgIpc) is 3.56. The zero-order valence-electron chi connectivity index (χ0n) is 20.8. The van der Waals surface area contributed by atoms with Crippen molar-refractivity contribution in [2.45, 2.75) is 77.5 Å². The van der Waals surface area contributed by atoms with E-state index in [0.717, 1.165) is 59.0 Å². The van der Waals surface area contributed by atoms with Crippen molar-refractivity contribution in [1.29, 1.82) is 0 Å². The number of carbonyl (C=O) groups is 2. The van der Waals surface area contributed by atoms with Crippen LogP contribution in [0.3, 0.4) is 0 Å². The van der Waals surface area contributed by atoms with E-state index in [1.165, 1.54) is 0 Å². The van der Waals surface area contributed by atoms with Gasteiger partial charge in [-0.2, -0.15) is 5.10 Å². The van der Waals surface area contributed by atoms with Gasteiger partial charge < -0.3 is 15.5 Å². The molecular weight excluding hydrogens is 438 g/mol. The average molecular weight is 472 g/mol. The summed E-state index contributed by atoms with van der Waals surface area (Å²) in [5.41, 5.74) is 3.83. The highest BCUT2D eigenvalue weighted by Gasteiger charge is 2.37. The zero-order valence-corrected chi connectivity index (χ0v) is 20.8. The number of benzene rings is 2. The first-order valence-corrected chi connectivity index (χ1v) is 12.6. The van der Waals surface area contributed by atoms with Gasteiger partial charge in [0.2, 0.25) is 5.91 Å². The number of hydrogen-bond acceptors (Lipinski definition) is 5. The van der Waals surface area contributed by atoms with Crippen molar-refractivity contribution < 1.29 is 9.59 Å². The molecule has 35 heavy (non-hydrogen) atoms. The molecule has 2 aliphatic rings. The van der Waals surface area contributed by atoms with Crippen LogP contribution in [-0.2, 0) is 4.79 Å². The summed E-state index contributed by atoms with van der Waals surface area (Å²) in [6.07, 6.45) is 5.62. The molecule has 2 N–H and O–H groups in total. The molecule has 1 saturated carbocycles. The molecule has 182 valence electrons. The number of amides is 2. The highest BCUT2D eigenvalue weighted by atomic mass is 16.2. The van der Waals surface area contributed by atoms with E-state index >= 15 is 0 Å². The minimum atomic E-state index is -0.254. The molecule has 2 amide bonds. The van der Waals surface area contributed by atoms with Crippen LogP contribution < -0.4 is 15.5 Å². The molecule has 0 radical (unpaired) electrons. The monoisotopic (exact) mass is 471 g/mol. The number of nitrogens with zero attached hydrogens (tertiary/aromatic N) is 3. The molecule has 1 saturated heterocycles. The molecular formula is C28H33N5O2. The van der Waals surface area contributed by atoms with Crippen LogP contribution >= 0.6 is 0 Å². The van der Waals surface area contributed by atoms with Gasteiger partial charge in [0.15, 0.2) is 5.82 Å². The van der Waals surface area contributed by atoms with Crippen LogP contribution in [0.1, 0.15) is 62.4 Å². The van der Waals surface area contributed by atoms with Gasteiger partial charge in [-0.05, 0) is 94.3 Å². The number of nitrogens with one attached hydrogen (secondary N) is 2. The van der Waals surface area contributed by atoms with Gasteiger partial charge >= 0.3 is 0 Å². The molecule has 2 heterocycles. The topological polar surface area (TPSA) is 87.2 Å². The SMILES string of the molecule is Cc1ccc(C(=O)NC2CC2)cc1-c1ccc2c(N3[C@@H](C(=O)NC(C)C)CC[C@@H]3C)nncc2c1. The zero-order chi connectivity index (χ0) is 24.7. The van der Waals surface area contributed by atoms with Crippen molar-refractivity contribution in [3.8, 4) is 11.1 Å². The van der Waals surface area contributed by atoms with Crippen LogP contribution in [0.2, 0.25) is 0 Å². The minimum Gasteiger partial charge on any atom is -0.352 e. The normalized spacial score (nSPS) is 19.9. The second-order valence-electron chi connectivity index (χ2n) is 10.3. The molecule has 2 fully saturated rings. The molecule has 1 aromatic heterocycles. The first-order valence-electron chi connectivity index (χ1n) is 12.6. The predicted molar refractivity (Wildman–Crippen MR) is 138 cm³/mol. The van der Waals surface area contributed by atoms with Crippen molar-refractivity contribution >= 4 is 28.4 Å². The van der Waals surface area contributed by atoms with E-state index in [1.807, 2.05) is 32.0 Å². The lowest BCUT2D eigenvalue weighted by Crippen LogP contribution is -2.47. The van der Waals surface area contributed by atoms with Crippen molar-refractivity contribution in [1.82, 2.24) is 20.8 Å². The van der Waals surface area contributed by atoms with Crippen LogP contribution in [0.15, 0.2) is 42.6 Å². The lowest BCUT2D eigenvalue weighted by molar-refractivity contribution is -0.122. The Balaban J connectivity index is 1.50. The van der Waals surface area contributed by atoms with Crippen LogP contribution in [-0.4, -0.2) is 46.2 Å². The fourth-order valence-electron chi connectivity index (χ4n) is 4.98. The molecule has 1 aliphatic heterocycles. The Bertz CT molecular complexity index is 1280. The number of fused-ring (bicyclic) bond motifs is 1. The van der Waals surface area contributed by atoms with Gasteiger partial charge in [-0.15, -0.1) is 5.10 Å². The smallest absolute Gasteiger partial charge is 0.251 e. The van der Waals surface area contributed by atoms with Crippen molar-refractivity contribution in [3.63, 3.8) is 0 Å². The number of aryl methyl sites for hydroxylation is 1. The predicted octanol–water partition coefficient (Wildman–Crippen LogP) is 4.38. The minimum absolute atomic E-state index is 0.0172. The lowest BCUT2D eigenvalue weighted by Gasteiger charge is -2.30. The van der Waals surface area contributed by atoms with Crippen molar-refractivity contribution in [2.24, 2.45) is 0 Å². The van der Waals surface area contributed by atoms with Crippen LogP contribution in [0, 0.1) is 6.92 Å². The third-order valence-electron chi connectivity index (χ3n) is 7.01. The summed E-state index contributed by atoms with van der Waals surface area (Å²) in [7, 11) is 0. The quantitative estimate of drug-likeness (QED) is 0.557. The molecule has 2 atom stereocenters. The standard InChI is InChI=1S/C28H33N5O2/c1-16(2)30-28(35)25-12-6-18(4)33(25)26-23-11-8-19(13-21(23)15-29-32-26)24-14-20(7-5-17(24)3)27(34)31-22-9-10-22/h5,7-8,11,13-16,18,22,25H,6,9-10,12H2,1-4H3,(H,30,35)(H,31,34)/t18-,25+/m0/s1. The van der Waals surface area contributed by atoms with Crippen LogP contribution in [0.5, 0.6) is 0 Å². The fraction of sp³-hybridized carbons (Fsp3) is 0.429. The molecule has 0 unspecified atom stereocenters. The third kappa shape index (κ3) is 4.72.